The zero-order chi connectivity index (χ0) is 14.1. The van der Waals surface area contributed by atoms with Gasteiger partial charge in [0.05, 0.1) is 27.1 Å². The van der Waals surface area contributed by atoms with E-state index in [0.29, 0.717) is 38.7 Å². The van der Waals surface area contributed by atoms with Gasteiger partial charge in [0.2, 0.25) is 0 Å². The van der Waals surface area contributed by atoms with Crippen molar-refractivity contribution in [2.75, 3.05) is 10.7 Å². The first-order chi connectivity index (χ1) is 9.69. The summed E-state index contributed by atoms with van der Waals surface area (Å²) < 4.78 is 8.32. The topological polar surface area (TPSA) is 101 Å². The van der Waals surface area contributed by atoms with E-state index < -0.39 is 0 Å². The van der Waals surface area contributed by atoms with E-state index in [1.807, 2.05) is 0 Å². The number of halogens is 2. The molecule has 0 saturated carbocycles. The molecule has 1 aromatic heterocycles. The van der Waals surface area contributed by atoms with Crippen LogP contribution in [0.15, 0.2) is 27.2 Å². The molecule has 20 heavy (non-hydrogen) atoms. The van der Waals surface area contributed by atoms with Gasteiger partial charge in [0.15, 0.2) is 0 Å². The molecule has 0 spiro atoms. The maximum absolute atomic E-state index is 6.20. The minimum atomic E-state index is 0.427. The van der Waals surface area contributed by atoms with E-state index in [4.69, 9.17) is 29.0 Å². The van der Waals surface area contributed by atoms with E-state index >= 15 is 0 Å². The quantitative estimate of drug-likeness (QED) is 0.504. The summed E-state index contributed by atoms with van der Waals surface area (Å²) in [5.41, 5.74) is 4.21. The fourth-order valence-electron chi connectivity index (χ4n) is 1.63. The Kier molecular flexibility index (Phi) is 3.53. The third-order valence-corrected chi connectivity index (χ3v) is 3.63. The molecule has 1 aromatic carbocycles. The van der Waals surface area contributed by atoms with Crippen LogP contribution >= 0.6 is 23.2 Å². The molecule has 10 heteroatoms. The fourth-order valence-corrected chi connectivity index (χ4v) is 2.79. The number of fused-ring (bicyclic) bond motifs is 1. The van der Waals surface area contributed by atoms with Crippen LogP contribution in [-0.4, -0.2) is 9.97 Å². The number of anilines is 3. The molecule has 0 atom stereocenters. The van der Waals surface area contributed by atoms with Crippen molar-refractivity contribution < 1.29 is 0 Å². The summed E-state index contributed by atoms with van der Waals surface area (Å²) in [5.74, 6) is 6.30. The highest BCUT2D eigenvalue weighted by Crippen LogP contribution is 2.48. The highest BCUT2D eigenvalue weighted by molar-refractivity contribution is 7.58. The number of nitrogens with zero attached hydrogens (tertiary/aromatic N) is 4. The summed E-state index contributed by atoms with van der Waals surface area (Å²) in [4.78, 5) is 8.00. The summed E-state index contributed by atoms with van der Waals surface area (Å²) in [5, 5.41) is 3.95. The van der Waals surface area contributed by atoms with Crippen LogP contribution in [0.5, 0.6) is 0 Å². The number of hydrogen-bond acceptors (Lipinski definition) is 7. The van der Waals surface area contributed by atoms with E-state index in [2.05, 4.69) is 29.4 Å². The van der Waals surface area contributed by atoms with Crippen molar-refractivity contribution in [2.45, 2.75) is 0 Å². The van der Waals surface area contributed by atoms with Crippen molar-refractivity contribution in [3.63, 3.8) is 0 Å². The van der Waals surface area contributed by atoms with Gasteiger partial charge in [-0.25, -0.2) is 15.8 Å². The van der Waals surface area contributed by atoms with E-state index in [1.54, 1.807) is 12.1 Å². The second kappa shape index (κ2) is 5.33. The molecule has 7 nitrogen and oxygen atoms in total. The predicted molar refractivity (Wildman–Crippen MR) is 81.1 cm³/mol. The summed E-state index contributed by atoms with van der Waals surface area (Å²) >= 11 is 13.3. The molecule has 3 rings (SSSR count). The van der Waals surface area contributed by atoms with Crippen LogP contribution in [-0.2, 0) is 11.4 Å². The lowest BCUT2D eigenvalue weighted by Gasteiger charge is -2.11. The monoisotopic (exact) mass is 327 g/mol. The van der Waals surface area contributed by atoms with Gasteiger partial charge in [-0.05, 0) is 6.07 Å². The molecule has 0 aliphatic carbocycles. The van der Waals surface area contributed by atoms with E-state index in [-0.39, 0.29) is 0 Å². The predicted octanol–water partition coefficient (Wildman–Crippen LogP) is 3.54. The SMILES string of the molecule is NNc1cc(Nc2c(Cl)cc(Cl)c3c2N=S=N3)ncn1. The Bertz CT molecular complexity index is 758. The fraction of sp³-hybridized carbons (Fsp3) is 0. The van der Waals surface area contributed by atoms with Crippen LogP contribution in [0, 0.1) is 0 Å². The Morgan fingerprint density at radius 1 is 1.00 bits per heavy atom. The Labute approximate surface area is 127 Å². The third kappa shape index (κ3) is 2.34. The Morgan fingerprint density at radius 2 is 1.75 bits per heavy atom. The number of hydrazine groups is 1. The molecule has 2 aromatic rings. The third-order valence-electron chi connectivity index (χ3n) is 2.51. The summed E-state index contributed by atoms with van der Waals surface area (Å²) in [6.45, 7) is 0. The number of aromatic nitrogens is 2. The van der Waals surface area contributed by atoms with Gasteiger partial charge < -0.3 is 10.7 Å². The highest BCUT2D eigenvalue weighted by atomic mass is 35.5. The summed E-state index contributed by atoms with van der Waals surface area (Å²) in [6, 6.07) is 3.25. The zero-order valence-electron chi connectivity index (χ0n) is 9.76. The molecule has 1 aliphatic rings. The van der Waals surface area contributed by atoms with Gasteiger partial charge >= 0.3 is 0 Å². The first kappa shape index (κ1) is 13.3. The van der Waals surface area contributed by atoms with Crippen LogP contribution in [0.2, 0.25) is 10.0 Å². The van der Waals surface area contributed by atoms with Crippen LogP contribution in [0.1, 0.15) is 0 Å². The van der Waals surface area contributed by atoms with Crippen LogP contribution in [0.3, 0.4) is 0 Å². The van der Waals surface area contributed by atoms with E-state index in [0.717, 1.165) is 11.4 Å². The van der Waals surface area contributed by atoms with Crippen molar-refractivity contribution >= 4 is 63.3 Å². The van der Waals surface area contributed by atoms with Crippen molar-refractivity contribution in [3.05, 3.63) is 28.5 Å². The molecule has 0 fully saturated rings. The second-order valence-electron chi connectivity index (χ2n) is 3.73. The first-order valence-corrected chi connectivity index (χ1v) is 6.83. The Balaban J connectivity index is 2.03. The van der Waals surface area contributed by atoms with Gasteiger partial charge in [-0.15, -0.1) is 0 Å². The molecular weight excluding hydrogens is 321 g/mol. The summed E-state index contributed by atoms with van der Waals surface area (Å²) in [6.07, 6.45) is 1.37. The molecule has 0 unspecified atom stereocenters. The van der Waals surface area contributed by atoms with Crippen molar-refractivity contribution in [2.24, 2.45) is 14.6 Å². The average molecular weight is 328 g/mol. The maximum Gasteiger partial charge on any atom is 0.145 e. The van der Waals surface area contributed by atoms with Crippen molar-refractivity contribution in [1.82, 2.24) is 9.97 Å². The standard InChI is InChI=1S/C10H7Cl2N7S/c11-4-1-5(12)9-10(19-20-18-9)8(4)16-6-2-7(17-13)15-3-14-6/h1-3H,13H2,(H2,14,15,16,17). The van der Waals surface area contributed by atoms with Gasteiger partial charge in [0.1, 0.15) is 29.3 Å². The number of nitrogens with two attached hydrogens (primary N) is 1. The molecule has 1 aliphatic heterocycles. The van der Waals surface area contributed by atoms with Crippen molar-refractivity contribution in [1.29, 1.82) is 0 Å². The number of benzene rings is 1. The van der Waals surface area contributed by atoms with Gasteiger partial charge in [-0.3, -0.25) is 0 Å². The van der Waals surface area contributed by atoms with Gasteiger partial charge in [0, 0.05) is 6.07 Å². The number of nitrogen functional groups attached to an aromatic ring is 1. The van der Waals surface area contributed by atoms with Crippen LogP contribution in [0.4, 0.5) is 28.7 Å². The lowest BCUT2D eigenvalue weighted by atomic mass is 10.2. The lowest BCUT2D eigenvalue weighted by molar-refractivity contribution is 1.14. The van der Waals surface area contributed by atoms with Gasteiger partial charge in [-0.1, -0.05) is 23.2 Å². The zero-order valence-corrected chi connectivity index (χ0v) is 12.1. The maximum atomic E-state index is 6.20. The number of rotatable bonds is 3. The van der Waals surface area contributed by atoms with E-state index in [9.17, 15) is 0 Å². The molecule has 2 heterocycles. The highest BCUT2D eigenvalue weighted by Gasteiger charge is 2.19. The van der Waals surface area contributed by atoms with Crippen LogP contribution < -0.4 is 16.6 Å². The largest absolute Gasteiger partial charge is 0.337 e. The molecule has 102 valence electrons. The van der Waals surface area contributed by atoms with E-state index in [1.165, 1.54) is 6.33 Å². The Morgan fingerprint density at radius 3 is 2.55 bits per heavy atom. The minimum absolute atomic E-state index is 0.427. The average Bonchev–Trinajstić information content (AvgIpc) is 2.93. The number of hydrogen-bond donors (Lipinski definition) is 3. The smallest absolute Gasteiger partial charge is 0.145 e. The van der Waals surface area contributed by atoms with Gasteiger partial charge in [0.25, 0.3) is 0 Å². The normalized spacial score (nSPS) is 11.9. The lowest BCUT2D eigenvalue weighted by Crippen LogP contribution is -2.09. The molecular formula is C10H7Cl2N7S. The Hall–Kier alpha value is -1.74. The molecule has 0 radical (unpaired) electrons. The number of nitrogens with one attached hydrogen (secondary N) is 2. The van der Waals surface area contributed by atoms with Crippen LogP contribution in [0.25, 0.3) is 0 Å². The molecule has 4 N–H and O–H groups in total. The van der Waals surface area contributed by atoms with Gasteiger partial charge in [-0.2, -0.15) is 8.73 Å². The second-order valence-corrected chi connectivity index (χ2v) is 5.08. The van der Waals surface area contributed by atoms with Crippen molar-refractivity contribution in [3.8, 4) is 0 Å². The molecule has 0 saturated heterocycles. The molecule has 0 amide bonds. The summed E-state index contributed by atoms with van der Waals surface area (Å²) in [7, 11) is 0. The minimum Gasteiger partial charge on any atom is -0.337 e. The molecule has 0 bridgehead atoms. The first-order valence-electron chi connectivity index (χ1n) is 5.35.